The van der Waals surface area contributed by atoms with E-state index in [9.17, 15) is 61.3 Å². The van der Waals surface area contributed by atoms with E-state index < -0.39 is 89.1 Å². The first kappa shape index (κ1) is 67.5. The van der Waals surface area contributed by atoms with Crippen molar-refractivity contribution in [2.45, 2.75) is 93.2 Å². The fraction of sp³-hybridized carbons (Fsp3) is 0.344. The molecule has 5 aromatic rings. The fourth-order valence-electron chi connectivity index (χ4n) is 9.02. The summed E-state index contributed by atoms with van der Waals surface area (Å²) in [7, 11) is -8.05. The molecule has 0 radical (unpaired) electrons. The quantitative estimate of drug-likeness (QED) is 0.0216. The summed E-state index contributed by atoms with van der Waals surface area (Å²) in [6.07, 6.45) is 7.08. The van der Waals surface area contributed by atoms with E-state index in [1.165, 1.54) is 88.4 Å². The van der Waals surface area contributed by atoms with Gasteiger partial charge in [-0.2, -0.15) is 0 Å². The monoisotopic (exact) mass is 1210 g/mol. The zero-order chi connectivity index (χ0) is 61.9. The Kier molecular flexibility index (Phi) is 26.9. The average molecular weight is 1210 g/mol. The lowest BCUT2D eigenvalue weighted by molar-refractivity contribution is -0.505. The highest BCUT2D eigenvalue weighted by Gasteiger charge is 2.51. The molecule has 2 unspecified atom stereocenters. The number of nitrogens with zero attached hydrogens (tertiary/aromatic N) is 2. The zero-order valence-electron chi connectivity index (χ0n) is 47.0. The predicted molar refractivity (Wildman–Crippen MR) is 308 cm³/mol. The molecule has 0 bridgehead atoms. The molecular formula is C61H68N2O20S2. The van der Waals surface area contributed by atoms with Gasteiger partial charge in [0.2, 0.25) is 19.7 Å². The number of nitro groups is 2. The van der Waals surface area contributed by atoms with Crippen LogP contribution in [-0.4, -0.2) is 117 Å². The van der Waals surface area contributed by atoms with Crippen LogP contribution < -0.4 is 0 Å². The number of hydrogen-bond donors (Lipinski definition) is 1. The SMILES string of the molecule is CC(=O)O[C@H]1C=C[C@@H](C([N+](=O)[O-])S(=O)(=O)c2ccccc2)[C@@H]1COCc1ccccc1.CC(=O)O[C@H]1C=C[C@@H](O)[C@@H]1COCc1ccccc1.CC(=O)O[C@H]1C=C[C@@H](OC(C)=O)C1COCc1ccccc1.O=[N+]([O-])CS(=O)(=O)c1ccccc1. The Morgan fingerprint density at radius 3 is 1.15 bits per heavy atom. The van der Waals surface area contributed by atoms with Crippen LogP contribution in [0.25, 0.3) is 0 Å². The van der Waals surface area contributed by atoms with Gasteiger partial charge in [-0.05, 0) is 65.3 Å². The highest BCUT2D eigenvalue weighted by atomic mass is 32.2. The van der Waals surface area contributed by atoms with Gasteiger partial charge in [0.05, 0.1) is 73.3 Å². The molecule has 0 saturated heterocycles. The number of rotatable bonds is 23. The van der Waals surface area contributed by atoms with Gasteiger partial charge < -0.3 is 38.3 Å². The highest BCUT2D eigenvalue weighted by molar-refractivity contribution is 7.92. The van der Waals surface area contributed by atoms with E-state index in [4.69, 9.17) is 33.2 Å². The molecule has 10 atom stereocenters. The number of carbonyl (C=O) groups excluding carboxylic acids is 4. The zero-order valence-corrected chi connectivity index (χ0v) is 48.7. The lowest BCUT2D eigenvalue weighted by Gasteiger charge is -2.26. The van der Waals surface area contributed by atoms with Gasteiger partial charge in [0.25, 0.3) is 0 Å². The van der Waals surface area contributed by atoms with Crippen molar-refractivity contribution < 1.29 is 84.1 Å². The van der Waals surface area contributed by atoms with Crippen molar-refractivity contribution in [1.29, 1.82) is 0 Å². The van der Waals surface area contributed by atoms with Gasteiger partial charge in [0.15, 0.2) is 0 Å². The number of hydrogen-bond acceptors (Lipinski definition) is 20. The number of carbonyl (C=O) groups is 4. The molecule has 0 heterocycles. The topological polar surface area (TPSA) is 308 Å². The number of sulfone groups is 2. The molecule has 0 aliphatic heterocycles. The van der Waals surface area contributed by atoms with E-state index in [2.05, 4.69) is 0 Å². The van der Waals surface area contributed by atoms with Gasteiger partial charge in [-0.1, -0.05) is 140 Å². The first-order valence-corrected chi connectivity index (χ1v) is 29.8. The largest absolute Gasteiger partial charge is 0.458 e. The van der Waals surface area contributed by atoms with E-state index in [1.807, 2.05) is 91.0 Å². The Balaban J connectivity index is 0.000000217. The lowest BCUT2D eigenvalue weighted by Crippen LogP contribution is -2.42. The summed E-state index contributed by atoms with van der Waals surface area (Å²) in [5.74, 6) is -4.91. The molecular weight excluding hydrogens is 1140 g/mol. The second kappa shape index (κ2) is 33.9. The van der Waals surface area contributed by atoms with Crippen molar-refractivity contribution in [2.24, 2.45) is 23.7 Å². The summed E-state index contributed by atoms with van der Waals surface area (Å²) in [6.45, 7) is 7.15. The Morgan fingerprint density at radius 2 is 0.776 bits per heavy atom. The Bertz CT molecular complexity index is 3240. The van der Waals surface area contributed by atoms with Crippen molar-refractivity contribution in [3.05, 3.63) is 225 Å². The maximum Gasteiger partial charge on any atom is 0.321 e. The van der Waals surface area contributed by atoms with Gasteiger partial charge in [-0.3, -0.25) is 39.4 Å². The smallest absolute Gasteiger partial charge is 0.321 e. The van der Waals surface area contributed by atoms with Crippen molar-refractivity contribution in [3.63, 3.8) is 0 Å². The maximum absolute atomic E-state index is 13.1. The van der Waals surface area contributed by atoms with Crippen molar-refractivity contribution in [1.82, 2.24) is 0 Å². The second-order valence-electron chi connectivity index (χ2n) is 19.4. The van der Waals surface area contributed by atoms with Gasteiger partial charge in [0.1, 0.15) is 24.4 Å². The summed E-state index contributed by atoms with van der Waals surface area (Å²) in [6, 6.07) is 43.6. The first-order chi connectivity index (χ1) is 40.5. The summed E-state index contributed by atoms with van der Waals surface area (Å²) in [5, 5.41) is 29.8. The Morgan fingerprint density at radius 1 is 0.459 bits per heavy atom. The van der Waals surface area contributed by atoms with Crippen LogP contribution in [0.15, 0.2) is 198 Å². The van der Waals surface area contributed by atoms with E-state index in [0.29, 0.717) is 26.4 Å². The predicted octanol–water partition coefficient (Wildman–Crippen LogP) is 7.64. The summed E-state index contributed by atoms with van der Waals surface area (Å²) in [5.41, 5.74) is 3.03. The average Bonchev–Trinajstić information content (AvgIpc) is 4.29. The van der Waals surface area contributed by atoms with Gasteiger partial charge >= 0.3 is 35.1 Å². The summed E-state index contributed by atoms with van der Waals surface area (Å²) >= 11 is 0. The minimum atomic E-state index is -4.29. The van der Waals surface area contributed by atoms with E-state index in [1.54, 1.807) is 36.4 Å². The summed E-state index contributed by atoms with van der Waals surface area (Å²) < 4.78 is 86.6. The Labute approximate surface area is 493 Å². The molecule has 3 aliphatic carbocycles. The van der Waals surface area contributed by atoms with Gasteiger partial charge in [0, 0.05) is 43.5 Å². The normalized spacial score (nSPS) is 21.3. The molecule has 0 aromatic heterocycles. The van der Waals surface area contributed by atoms with Crippen LogP contribution >= 0.6 is 0 Å². The molecule has 0 amide bonds. The standard InChI is InChI=1S/C22H23NO7S.C17H20O5.C15H18O4.C7H7NO4S/c1-16(24)30-21-13-12-19(20(21)15-29-14-17-8-4-2-5-9-17)22(23(25)26)31(27,28)18-10-6-3-7-11-18;1-12(18)21-16-8-9-17(22-13(2)19)15(16)11-20-10-14-6-4-3-5-7-14;1-11(16)19-15-8-7-14(17)13(15)10-18-9-12-5-3-2-4-6-12;9-8(10)6-13(11,12)7-4-2-1-3-5-7/h2-13,19-22H,14-15H2,1H3;3-9,15-17H,10-11H2,1-2H3;2-8,13-15,17H,9-10H2,1H3;1-5H,6H2/t19-,20+,21+,22?;15?,16-,17+;13-,14+,15-;/m1.0./s1. The molecule has 1 N–H and O–H groups in total. The molecule has 3 aliphatic rings. The van der Waals surface area contributed by atoms with Gasteiger partial charge in [-0.25, -0.2) is 16.8 Å². The van der Waals surface area contributed by atoms with Crippen LogP contribution in [0.4, 0.5) is 0 Å². The molecule has 85 heavy (non-hydrogen) atoms. The number of aliphatic hydroxyl groups is 1. The molecule has 0 spiro atoms. The number of ether oxygens (including phenoxy) is 7. The molecule has 0 fully saturated rings. The molecule has 0 saturated carbocycles. The van der Waals surface area contributed by atoms with Crippen molar-refractivity contribution >= 4 is 43.6 Å². The summed E-state index contributed by atoms with van der Waals surface area (Å²) in [4.78, 5) is 64.9. The number of benzene rings is 5. The van der Waals surface area contributed by atoms with Crippen molar-refractivity contribution in [3.8, 4) is 0 Å². The minimum absolute atomic E-state index is 0.0147. The molecule has 24 heteroatoms. The van der Waals surface area contributed by atoms with Crippen LogP contribution in [0.3, 0.4) is 0 Å². The third-order valence-corrected chi connectivity index (χ3v) is 16.5. The molecule has 5 aromatic carbocycles. The number of aliphatic hydroxyl groups excluding tert-OH is 1. The Hall–Kier alpha value is -8.26. The third kappa shape index (κ3) is 22.4. The van der Waals surface area contributed by atoms with Crippen LogP contribution in [0.2, 0.25) is 0 Å². The lowest BCUT2D eigenvalue weighted by atomic mass is 9.94. The molecule has 8 rings (SSSR count). The van der Waals surface area contributed by atoms with Crippen LogP contribution in [-0.2, 0) is 91.8 Å². The highest BCUT2D eigenvalue weighted by Crippen LogP contribution is 2.37. The molecule has 22 nitrogen and oxygen atoms in total. The molecule has 454 valence electrons. The first-order valence-electron chi connectivity index (χ1n) is 26.6. The van der Waals surface area contributed by atoms with E-state index in [-0.39, 0.29) is 52.7 Å². The van der Waals surface area contributed by atoms with E-state index in [0.717, 1.165) is 16.7 Å². The van der Waals surface area contributed by atoms with Gasteiger partial charge in [-0.15, -0.1) is 0 Å². The van der Waals surface area contributed by atoms with E-state index >= 15 is 0 Å². The second-order valence-corrected chi connectivity index (χ2v) is 23.4. The van der Waals surface area contributed by atoms with Crippen molar-refractivity contribution in [2.75, 3.05) is 25.7 Å². The minimum Gasteiger partial charge on any atom is -0.458 e. The van der Waals surface area contributed by atoms with Crippen LogP contribution in [0.5, 0.6) is 0 Å². The van der Waals surface area contributed by atoms with Crippen LogP contribution in [0.1, 0.15) is 44.4 Å². The third-order valence-electron chi connectivity index (χ3n) is 12.9. The maximum atomic E-state index is 13.1. The number of esters is 4. The fourth-order valence-corrected chi connectivity index (χ4v) is 11.8. The van der Waals surface area contributed by atoms with Crippen LogP contribution in [0, 0.1) is 43.9 Å².